The van der Waals surface area contributed by atoms with Crippen LogP contribution >= 0.6 is 0 Å². The summed E-state index contributed by atoms with van der Waals surface area (Å²) >= 11 is 0. The maximum absolute atomic E-state index is 12.0. The smallest absolute Gasteiger partial charge is 0.274 e. The molecule has 3 nitrogen and oxygen atoms in total. The van der Waals surface area contributed by atoms with Gasteiger partial charge in [-0.3, -0.25) is 10.0 Å². The molecule has 13 heavy (non-hydrogen) atoms. The van der Waals surface area contributed by atoms with Crippen LogP contribution in [0.5, 0.6) is 0 Å². The first-order valence-electron chi connectivity index (χ1n) is 3.47. The van der Waals surface area contributed by atoms with Gasteiger partial charge >= 0.3 is 0 Å². The molecule has 1 rings (SSSR count). The maximum atomic E-state index is 12.0. The molecule has 0 saturated carbocycles. The van der Waals surface area contributed by atoms with Crippen LogP contribution in [0.4, 0.5) is 8.78 Å². The molecule has 0 bridgehead atoms. The van der Waals surface area contributed by atoms with Gasteiger partial charge < -0.3 is 0 Å². The average Bonchev–Trinajstić information content (AvgIpc) is 2.17. The van der Waals surface area contributed by atoms with E-state index in [2.05, 4.69) is 0 Å². The Morgan fingerprint density at radius 2 is 1.85 bits per heavy atom. The van der Waals surface area contributed by atoms with Crippen LogP contribution in [0.1, 0.15) is 22.3 Å². The second-order valence-electron chi connectivity index (χ2n) is 2.36. The molecule has 1 aromatic rings. The predicted octanol–water partition coefficient (Wildman–Crippen LogP) is 1.74. The second-order valence-corrected chi connectivity index (χ2v) is 2.36. The van der Waals surface area contributed by atoms with E-state index >= 15 is 0 Å². The highest BCUT2D eigenvalue weighted by Crippen LogP contribution is 2.18. The highest BCUT2D eigenvalue weighted by Gasteiger charge is 2.08. The molecule has 2 N–H and O–H groups in total. The second kappa shape index (κ2) is 3.95. The van der Waals surface area contributed by atoms with Gasteiger partial charge in [0, 0.05) is 11.1 Å². The minimum atomic E-state index is -2.55. The Kier molecular flexibility index (Phi) is 2.92. The Bertz CT molecular complexity index is 298. The Morgan fingerprint density at radius 1 is 1.31 bits per heavy atom. The molecule has 5 heteroatoms. The van der Waals surface area contributed by atoms with Crippen LogP contribution in [0.15, 0.2) is 24.3 Å². The Labute approximate surface area is 73.0 Å². The average molecular weight is 187 g/mol. The molecule has 0 atom stereocenters. The molecule has 0 unspecified atom stereocenters. The molecule has 70 valence electrons. The molecule has 0 aliphatic rings. The zero-order valence-corrected chi connectivity index (χ0v) is 6.50. The lowest BCUT2D eigenvalue weighted by Gasteiger charge is -2.00. The quantitative estimate of drug-likeness (QED) is 0.547. The molecule has 0 radical (unpaired) electrons. The van der Waals surface area contributed by atoms with Crippen molar-refractivity contribution < 1.29 is 18.8 Å². The van der Waals surface area contributed by atoms with Gasteiger partial charge in [-0.05, 0) is 12.1 Å². The molecule has 1 amide bonds. The van der Waals surface area contributed by atoms with Crippen molar-refractivity contribution in [1.82, 2.24) is 5.48 Å². The first-order chi connectivity index (χ1) is 6.15. The van der Waals surface area contributed by atoms with E-state index < -0.39 is 12.3 Å². The summed E-state index contributed by atoms with van der Waals surface area (Å²) in [5.41, 5.74) is 1.38. The Balaban J connectivity index is 2.87. The van der Waals surface area contributed by atoms with Crippen molar-refractivity contribution in [2.75, 3.05) is 0 Å². The molecule has 0 aromatic heterocycles. The number of carbonyl (C=O) groups is 1. The lowest BCUT2D eigenvalue weighted by atomic mass is 10.1. The fourth-order valence-electron chi connectivity index (χ4n) is 0.845. The predicted molar refractivity (Wildman–Crippen MR) is 40.7 cm³/mol. The number of alkyl halides is 2. The van der Waals surface area contributed by atoms with Crippen LogP contribution in [-0.2, 0) is 0 Å². The third kappa shape index (κ3) is 2.22. The van der Waals surface area contributed by atoms with E-state index in [9.17, 15) is 13.6 Å². The zero-order chi connectivity index (χ0) is 9.84. The number of hydrogen-bond acceptors (Lipinski definition) is 2. The number of hydrogen-bond donors (Lipinski definition) is 2. The van der Waals surface area contributed by atoms with E-state index in [4.69, 9.17) is 5.21 Å². The number of amides is 1. The monoisotopic (exact) mass is 187 g/mol. The summed E-state index contributed by atoms with van der Waals surface area (Å²) in [6.45, 7) is 0. The minimum absolute atomic E-state index is 0.131. The summed E-state index contributed by atoms with van der Waals surface area (Å²) in [5.74, 6) is -0.721. The van der Waals surface area contributed by atoms with Crippen molar-refractivity contribution in [2.45, 2.75) is 6.43 Å². The molecule has 0 fully saturated rings. The van der Waals surface area contributed by atoms with Gasteiger partial charge in [0.1, 0.15) is 0 Å². The number of hydroxylamine groups is 1. The molecule has 0 aliphatic carbocycles. The number of carbonyl (C=O) groups excluding carboxylic acids is 1. The highest BCUT2D eigenvalue weighted by atomic mass is 19.3. The third-order valence-electron chi connectivity index (χ3n) is 1.53. The first kappa shape index (κ1) is 9.60. The molecule has 1 aromatic carbocycles. The summed E-state index contributed by atoms with van der Waals surface area (Å²) in [5, 5.41) is 8.22. The summed E-state index contributed by atoms with van der Waals surface area (Å²) in [7, 11) is 0. The van der Waals surface area contributed by atoms with Gasteiger partial charge in [0.25, 0.3) is 12.3 Å². The van der Waals surface area contributed by atoms with E-state index in [0.29, 0.717) is 0 Å². The summed E-state index contributed by atoms with van der Waals surface area (Å²) < 4.78 is 24.1. The molecule has 0 spiro atoms. The Morgan fingerprint density at radius 3 is 2.23 bits per heavy atom. The fourth-order valence-corrected chi connectivity index (χ4v) is 0.845. The molecular formula is C8H7F2NO2. The topological polar surface area (TPSA) is 49.3 Å². The number of nitrogens with one attached hydrogen (secondary N) is 1. The van der Waals surface area contributed by atoms with Crippen LogP contribution in [0.25, 0.3) is 0 Å². The van der Waals surface area contributed by atoms with E-state index in [1.165, 1.54) is 17.6 Å². The van der Waals surface area contributed by atoms with Crippen LogP contribution in [0.3, 0.4) is 0 Å². The van der Waals surface area contributed by atoms with Gasteiger partial charge in [0.15, 0.2) is 0 Å². The SMILES string of the molecule is O=C(NO)c1ccc(C(F)F)cc1. The standard InChI is InChI=1S/C8H7F2NO2/c9-7(10)5-1-3-6(4-2-5)8(12)11-13/h1-4,7,13H,(H,11,12). The van der Waals surface area contributed by atoms with Crippen LogP contribution in [-0.4, -0.2) is 11.1 Å². The van der Waals surface area contributed by atoms with Crippen LogP contribution < -0.4 is 5.48 Å². The van der Waals surface area contributed by atoms with Gasteiger partial charge in [-0.15, -0.1) is 0 Å². The first-order valence-corrected chi connectivity index (χ1v) is 3.47. The number of halogens is 2. The van der Waals surface area contributed by atoms with Crippen LogP contribution in [0, 0.1) is 0 Å². The van der Waals surface area contributed by atoms with Crippen molar-refractivity contribution >= 4 is 5.91 Å². The maximum Gasteiger partial charge on any atom is 0.274 e. The van der Waals surface area contributed by atoms with Gasteiger partial charge in [-0.1, -0.05) is 12.1 Å². The van der Waals surface area contributed by atoms with Gasteiger partial charge in [-0.25, -0.2) is 14.3 Å². The van der Waals surface area contributed by atoms with Gasteiger partial charge in [0.2, 0.25) is 0 Å². The molecule has 0 saturated heterocycles. The fraction of sp³-hybridized carbons (Fsp3) is 0.125. The Hall–Kier alpha value is -1.49. The third-order valence-corrected chi connectivity index (χ3v) is 1.53. The summed E-state index contributed by atoms with van der Waals surface area (Å²) in [6.07, 6.45) is -2.55. The number of rotatable bonds is 2. The summed E-state index contributed by atoms with van der Waals surface area (Å²) in [6, 6.07) is 4.70. The lowest BCUT2D eigenvalue weighted by Crippen LogP contribution is -2.18. The van der Waals surface area contributed by atoms with Gasteiger partial charge in [0.05, 0.1) is 0 Å². The largest absolute Gasteiger partial charge is 0.288 e. The van der Waals surface area contributed by atoms with Crippen LogP contribution in [0.2, 0.25) is 0 Å². The summed E-state index contributed by atoms with van der Waals surface area (Å²) in [4.78, 5) is 10.7. The molecule has 0 heterocycles. The molecular weight excluding hydrogens is 180 g/mol. The van der Waals surface area contributed by atoms with E-state index in [1.54, 1.807) is 0 Å². The lowest BCUT2D eigenvalue weighted by molar-refractivity contribution is 0.0706. The zero-order valence-electron chi connectivity index (χ0n) is 6.50. The van der Waals surface area contributed by atoms with Crippen molar-refractivity contribution in [2.24, 2.45) is 0 Å². The van der Waals surface area contributed by atoms with Gasteiger partial charge in [-0.2, -0.15) is 0 Å². The van der Waals surface area contributed by atoms with E-state index in [1.807, 2.05) is 0 Å². The normalized spacial score (nSPS) is 10.2. The van der Waals surface area contributed by atoms with Crippen molar-refractivity contribution in [3.05, 3.63) is 35.4 Å². The van der Waals surface area contributed by atoms with E-state index in [-0.39, 0.29) is 11.1 Å². The number of benzene rings is 1. The van der Waals surface area contributed by atoms with Crippen molar-refractivity contribution in [1.29, 1.82) is 0 Å². The highest BCUT2D eigenvalue weighted by molar-refractivity contribution is 5.93. The van der Waals surface area contributed by atoms with Crippen molar-refractivity contribution in [3.8, 4) is 0 Å². The molecule has 0 aliphatic heterocycles. The van der Waals surface area contributed by atoms with E-state index in [0.717, 1.165) is 12.1 Å². The van der Waals surface area contributed by atoms with Crippen molar-refractivity contribution in [3.63, 3.8) is 0 Å². The minimum Gasteiger partial charge on any atom is -0.288 e.